The molecule has 0 aromatic carbocycles. The van der Waals surface area contributed by atoms with Gasteiger partial charge in [0.1, 0.15) is 0 Å². The van der Waals surface area contributed by atoms with Crippen molar-refractivity contribution in [2.24, 2.45) is 17.8 Å². The molecule has 7 heteroatoms. The van der Waals surface area contributed by atoms with E-state index in [1.54, 1.807) is 20.8 Å². The maximum absolute atomic E-state index is 11.9. The maximum atomic E-state index is 11.9. The summed E-state index contributed by atoms with van der Waals surface area (Å²) in [4.78, 5) is 34.0. The predicted octanol–water partition coefficient (Wildman–Crippen LogP) is 3.96. The minimum Gasteiger partial charge on any atom is -0.481 e. The normalized spacial score (nSPS) is 13.3. The summed E-state index contributed by atoms with van der Waals surface area (Å²) in [6, 6.07) is 0. The van der Waals surface area contributed by atoms with Gasteiger partial charge < -0.3 is 19.9 Å². The van der Waals surface area contributed by atoms with Crippen molar-refractivity contribution >= 4 is 18.0 Å². The molecular weight excluding hydrogens is 338 g/mol. The summed E-state index contributed by atoms with van der Waals surface area (Å²) in [7, 11) is 0. The molecule has 0 aromatic heterocycles. The summed E-state index contributed by atoms with van der Waals surface area (Å²) < 4.78 is 10.3. The van der Waals surface area contributed by atoms with Crippen molar-refractivity contribution in [2.75, 3.05) is 6.54 Å². The van der Waals surface area contributed by atoms with Gasteiger partial charge in [-0.3, -0.25) is 9.59 Å². The van der Waals surface area contributed by atoms with Gasteiger partial charge in [0.2, 0.25) is 0 Å². The van der Waals surface area contributed by atoms with Crippen LogP contribution in [-0.4, -0.2) is 36.0 Å². The fourth-order valence-corrected chi connectivity index (χ4v) is 2.61. The largest absolute Gasteiger partial charge is 0.481 e. The summed E-state index contributed by atoms with van der Waals surface area (Å²) in [5.74, 6) is -0.486. The number of amides is 1. The highest BCUT2D eigenvalue weighted by Gasteiger charge is 2.22. The number of ether oxygens (including phenoxy) is 2. The number of aliphatic carboxylic acids is 1. The van der Waals surface area contributed by atoms with E-state index in [1.807, 2.05) is 0 Å². The lowest BCUT2D eigenvalue weighted by atomic mass is 9.89. The number of carboxylic acid groups (broad SMARTS) is 1. The van der Waals surface area contributed by atoms with Crippen LogP contribution in [0.2, 0.25) is 0 Å². The van der Waals surface area contributed by atoms with Crippen molar-refractivity contribution in [1.82, 2.24) is 5.32 Å². The molecule has 1 amide bonds. The zero-order chi connectivity index (χ0) is 20.1. The van der Waals surface area contributed by atoms with Gasteiger partial charge in [-0.15, -0.1) is 0 Å². The number of carboxylic acids is 1. The Hall–Kier alpha value is -1.79. The van der Waals surface area contributed by atoms with Crippen LogP contribution in [0.3, 0.4) is 0 Å². The lowest BCUT2D eigenvalue weighted by Gasteiger charge is -2.21. The van der Waals surface area contributed by atoms with E-state index in [-0.39, 0.29) is 18.8 Å². The fraction of sp³-hybridized carbons (Fsp3) is 0.842. The van der Waals surface area contributed by atoms with E-state index in [4.69, 9.17) is 14.6 Å². The van der Waals surface area contributed by atoms with E-state index in [2.05, 4.69) is 19.2 Å². The van der Waals surface area contributed by atoms with Crippen LogP contribution in [0, 0.1) is 17.8 Å². The number of alkyl carbamates (subject to hydrolysis) is 1. The second kappa shape index (κ2) is 13.4. The van der Waals surface area contributed by atoms with Gasteiger partial charge in [-0.05, 0) is 37.5 Å². The number of carbonyl (C=O) groups excluding carboxylic acids is 2. The smallest absolute Gasteiger partial charge is 0.410 e. The van der Waals surface area contributed by atoms with E-state index in [1.165, 1.54) is 0 Å². The first-order chi connectivity index (χ1) is 12.1. The highest BCUT2D eigenvalue weighted by molar-refractivity contribution is 5.70. The van der Waals surface area contributed by atoms with E-state index in [0.717, 1.165) is 19.3 Å². The predicted molar refractivity (Wildman–Crippen MR) is 98.5 cm³/mol. The first-order valence-corrected chi connectivity index (χ1v) is 9.51. The SMILES string of the molecule is CCC(=O)O[C@@H](OC(=O)NCCC[C@@H](CCC(=O)O)CC(C)C)C(C)C. The van der Waals surface area contributed by atoms with Crippen LogP contribution >= 0.6 is 0 Å². The number of esters is 1. The lowest BCUT2D eigenvalue weighted by molar-refractivity contribution is -0.174. The topological polar surface area (TPSA) is 102 Å². The molecule has 0 aliphatic heterocycles. The molecule has 2 N–H and O–H groups in total. The molecule has 0 aliphatic carbocycles. The minimum absolute atomic E-state index is 0.136. The Bertz CT molecular complexity index is 436. The van der Waals surface area contributed by atoms with Gasteiger partial charge in [0.05, 0.1) is 0 Å². The molecule has 7 nitrogen and oxygen atoms in total. The van der Waals surface area contributed by atoms with Gasteiger partial charge in [0, 0.05) is 25.3 Å². The zero-order valence-corrected chi connectivity index (χ0v) is 16.7. The molecule has 152 valence electrons. The van der Waals surface area contributed by atoms with E-state index >= 15 is 0 Å². The number of nitrogens with one attached hydrogen (secondary N) is 1. The van der Waals surface area contributed by atoms with Crippen LogP contribution < -0.4 is 5.32 Å². The van der Waals surface area contributed by atoms with Crippen molar-refractivity contribution in [3.05, 3.63) is 0 Å². The summed E-state index contributed by atoms with van der Waals surface area (Å²) in [5, 5.41) is 11.5. The molecule has 26 heavy (non-hydrogen) atoms. The van der Waals surface area contributed by atoms with Crippen molar-refractivity contribution in [3.8, 4) is 0 Å². The van der Waals surface area contributed by atoms with Gasteiger partial charge in [-0.2, -0.15) is 0 Å². The Kier molecular flexibility index (Phi) is 12.5. The Balaban J connectivity index is 4.22. The molecule has 0 rings (SSSR count). The molecular formula is C19H35NO6. The van der Waals surface area contributed by atoms with Gasteiger partial charge in [-0.25, -0.2) is 4.79 Å². The van der Waals surface area contributed by atoms with Crippen LogP contribution in [0.25, 0.3) is 0 Å². The Morgan fingerprint density at radius 1 is 1.04 bits per heavy atom. The fourth-order valence-electron chi connectivity index (χ4n) is 2.61. The van der Waals surface area contributed by atoms with Crippen LogP contribution in [0.5, 0.6) is 0 Å². The summed E-state index contributed by atoms with van der Waals surface area (Å²) in [5.41, 5.74) is 0. The average Bonchev–Trinajstić information content (AvgIpc) is 2.54. The third kappa shape index (κ3) is 12.6. The maximum Gasteiger partial charge on any atom is 0.410 e. The average molecular weight is 373 g/mol. The highest BCUT2D eigenvalue weighted by atomic mass is 16.7. The third-order valence-electron chi connectivity index (χ3n) is 3.93. The van der Waals surface area contributed by atoms with E-state index in [0.29, 0.717) is 24.8 Å². The Morgan fingerprint density at radius 3 is 2.19 bits per heavy atom. The minimum atomic E-state index is -0.897. The Labute approximate surface area is 156 Å². The number of hydrogen-bond donors (Lipinski definition) is 2. The first-order valence-electron chi connectivity index (χ1n) is 9.51. The van der Waals surface area contributed by atoms with Crippen LogP contribution in [-0.2, 0) is 19.1 Å². The van der Waals surface area contributed by atoms with Crippen LogP contribution in [0.4, 0.5) is 4.79 Å². The van der Waals surface area contributed by atoms with Gasteiger partial charge >= 0.3 is 18.0 Å². The van der Waals surface area contributed by atoms with Crippen molar-refractivity contribution in [3.63, 3.8) is 0 Å². The van der Waals surface area contributed by atoms with Gasteiger partial charge in [-0.1, -0.05) is 34.6 Å². The molecule has 0 saturated heterocycles. The number of rotatable bonds is 13. The summed E-state index contributed by atoms with van der Waals surface area (Å²) >= 11 is 0. The molecule has 0 spiro atoms. The van der Waals surface area contributed by atoms with E-state index < -0.39 is 24.3 Å². The van der Waals surface area contributed by atoms with Crippen molar-refractivity contribution < 1.29 is 29.0 Å². The Morgan fingerprint density at radius 2 is 1.69 bits per heavy atom. The monoisotopic (exact) mass is 373 g/mol. The number of hydrogen-bond acceptors (Lipinski definition) is 5. The van der Waals surface area contributed by atoms with Crippen LogP contribution in [0.15, 0.2) is 0 Å². The van der Waals surface area contributed by atoms with Crippen LogP contribution in [0.1, 0.15) is 73.1 Å². The van der Waals surface area contributed by atoms with Crippen molar-refractivity contribution in [1.29, 1.82) is 0 Å². The quantitative estimate of drug-likeness (QED) is 0.288. The second-order valence-corrected chi connectivity index (χ2v) is 7.36. The summed E-state index contributed by atoms with van der Waals surface area (Å²) in [6.45, 7) is 9.96. The molecule has 0 fully saturated rings. The molecule has 0 aliphatic rings. The van der Waals surface area contributed by atoms with Gasteiger partial charge in [0.25, 0.3) is 6.29 Å². The lowest BCUT2D eigenvalue weighted by Crippen LogP contribution is -2.35. The molecule has 0 bridgehead atoms. The number of carbonyl (C=O) groups is 3. The molecule has 0 unspecified atom stereocenters. The van der Waals surface area contributed by atoms with Crippen molar-refractivity contribution in [2.45, 2.75) is 79.4 Å². The molecule has 0 heterocycles. The molecule has 0 radical (unpaired) electrons. The third-order valence-corrected chi connectivity index (χ3v) is 3.93. The summed E-state index contributed by atoms with van der Waals surface area (Å²) in [6.07, 6.45) is 2.11. The molecule has 2 atom stereocenters. The molecule has 0 aromatic rings. The second-order valence-electron chi connectivity index (χ2n) is 7.36. The highest BCUT2D eigenvalue weighted by Crippen LogP contribution is 2.22. The van der Waals surface area contributed by atoms with Gasteiger partial charge in [0.15, 0.2) is 0 Å². The molecule has 0 saturated carbocycles. The standard InChI is InChI=1S/C19H35NO6/c1-6-17(23)25-18(14(4)5)26-19(24)20-11-7-8-15(12-13(2)3)9-10-16(21)22/h13-15,18H,6-12H2,1-5H3,(H,20,24)(H,21,22)/t15-,18-/m0/s1. The first kappa shape index (κ1) is 24.2. The zero-order valence-electron chi connectivity index (χ0n) is 16.7. The van der Waals surface area contributed by atoms with E-state index in [9.17, 15) is 14.4 Å².